The van der Waals surface area contributed by atoms with Crippen LogP contribution in [0.5, 0.6) is 5.75 Å². The molecule has 8 heteroatoms. The first-order chi connectivity index (χ1) is 15.5. The number of nitrogens with zero attached hydrogens (tertiary/aromatic N) is 2. The molecule has 0 spiro atoms. The lowest BCUT2D eigenvalue weighted by molar-refractivity contribution is -0.119. The number of aromatic nitrogens is 2. The lowest BCUT2D eigenvalue weighted by Gasteiger charge is -2.10. The van der Waals surface area contributed by atoms with Crippen LogP contribution in [0.2, 0.25) is 0 Å². The lowest BCUT2D eigenvalue weighted by atomic mass is 10.2. The highest BCUT2D eigenvalue weighted by Crippen LogP contribution is 2.30. The summed E-state index contributed by atoms with van der Waals surface area (Å²) >= 11 is 2.83. The summed E-state index contributed by atoms with van der Waals surface area (Å²) in [5.74, 6) is 1.05. The molecule has 4 aromatic rings. The van der Waals surface area contributed by atoms with Gasteiger partial charge in [-0.05, 0) is 55.5 Å². The van der Waals surface area contributed by atoms with Gasteiger partial charge in [0.1, 0.15) is 5.75 Å². The zero-order valence-electron chi connectivity index (χ0n) is 17.8. The van der Waals surface area contributed by atoms with E-state index in [-0.39, 0.29) is 17.4 Å². The molecule has 2 aromatic carbocycles. The molecular formula is C24H23N3O3S2. The number of nitrogens with one attached hydrogen (secondary N) is 1. The molecule has 2 heterocycles. The normalized spacial score (nSPS) is 10.9. The number of hydrogen-bond acceptors (Lipinski definition) is 6. The summed E-state index contributed by atoms with van der Waals surface area (Å²) in [5.41, 5.74) is 2.83. The standard InChI is InChI=1S/C24H23N3O3S2/c1-3-30-18-10-8-17(9-11-18)27-21-7-5-4-6-20(21)26-24(27)31-15-22(29)23-13-12-19(32-23)14-25-16(2)28/h4-13H,3,14-15H2,1-2H3,(H,25,28). The predicted octanol–water partition coefficient (Wildman–Crippen LogP) is 5.10. The van der Waals surface area contributed by atoms with Crippen molar-refractivity contribution in [2.24, 2.45) is 0 Å². The van der Waals surface area contributed by atoms with Gasteiger partial charge in [-0.25, -0.2) is 4.98 Å². The zero-order chi connectivity index (χ0) is 22.5. The molecule has 1 amide bonds. The highest BCUT2D eigenvalue weighted by Gasteiger charge is 2.16. The summed E-state index contributed by atoms with van der Waals surface area (Å²) in [5, 5.41) is 3.52. The Morgan fingerprint density at radius 2 is 1.88 bits per heavy atom. The maximum absolute atomic E-state index is 12.8. The van der Waals surface area contributed by atoms with Crippen LogP contribution in [0.3, 0.4) is 0 Å². The molecule has 0 aliphatic heterocycles. The maximum atomic E-state index is 12.8. The number of benzene rings is 2. The summed E-state index contributed by atoms with van der Waals surface area (Å²) < 4.78 is 7.63. The average Bonchev–Trinajstić information content (AvgIpc) is 3.41. The van der Waals surface area contributed by atoms with Crippen LogP contribution >= 0.6 is 23.1 Å². The number of thioether (sulfide) groups is 1. The van der Waals surface area contributed by atoms with Crippen molar-refractivity contribution in [2.45, 2.75) is 25.5 Å². The topological polar surface area (TPSA) is 73.2 Å². The van der Waals surface area contributed by atoms with E-state index in [0.29, 0.717) is 18.0 Å². The summed E-state index contributed by atoms with van der Waals surface area (Å²) in [4.78, 5) is 30.3. The van der Waals surface area contributed by atoms with E-state index in [2.05, 4.69) is 9.88 Å². The molecule has 0 atom stereocenters. The number of amides is 1. The van der Waals surface area contributed by atoms with Crippen LogP contribution in [0.1, 0.15) is 28.4 Å². The molecule has 32 heavy (non-hydrogen) atoms. The van der Waals surface area contributed by atoms with Crippen molar-refractivity contribution in [3.05, 3.63) is 70.4 Å². The summed E-state index contributed by atoms with van der Waals surface area (Å²) in [6.45, 7) is 4.49. The number of ether oxygens (including phenoxy) is 1. The fraction of sp³-hybridized carbons (Fsp3) is 0.208. The van der Waals surface area contributed by atoms with Crippen molar-refractivity contribution < 1.29 is 14.3 Å². The smallest absolute Gasteiger partial charge is 0.217 e. The van der Waals surface area contributed by atoms with Crippen molar-refractivity contribution in [3.8, 4) is 11.4 Å². The van der Waals surface area contributed by atoms with Gasteiger partial charge < -0.3 is 10.1 Å². The molecule has 6 nitrogen and oxygen atoms in total. The van der Waals surface area contributed by atoms with Crippen LogP contribution < -0.4 is 10.1 Å². The highest BCUT2D eigenvalue weighted by atomic mass is 32.2. The third-order valence-corrected chi connectivity index (χ3v) is 6.78. The monoisotopic (exact) mass is 465 g/mol. The molecule has 4 rings (SSSR count). The lowest BCUT2D eigenvalue weighted by Crippen LogP contribution is -2.18. The average molecular weight is 466 g/mol. The third-order valence-electron chi connectivity index (χ3n) is 4.72. The highest BCUT2D eigenvalue weighted by molar-refractivity contribution is 7.99. The Morgan fingerprint density at radius 3 is 2.62 bits per heavy atom. The number of para-hydroxylation sites is 2. The molecule has 164 valence electrons. The molecule has 0 radical (unpaired) electrons. The molecule has 0 bridgehead atoms. The van der Waals surface area contributed by atoms with Crippen LogP contribution in [-0.2, 0) is 11.3 Å². The van der Waals surface area contributed by atoms with Crippen LogP contribution in [0.25, 0.3) is 16.7 Å². The summed E-state index contributed by atoms with van der Waals surface area (Å²) in [7, 11) is 0. The Balaban J connectivity index is 1.55. The first kappa shape index (κ1) is 22.1. The number of hydrogen-bond donors (Lipinski definition) is 1. The van der Waals surface area contributed by atoms with Gasteiger partial charge in [-0.2, -0.15) is 0 Å². The van der Waals surface area contributed by atoms with Crippen molar-refractivity contribution in [2.75, 3.05) is 12.4 Å². The van der Waals surface area contributed by atoms with Crippen molar-refractivity contribution in [1.29, 1.82) is 0 Å². The van der Waals surface area contributed by atoms with Gasteiger partial charge in [0.25, 0.3) is 0 Å². The van der Waals surface area contributed by atoms with E-state index in [4.69, 9.17) is 9.72 Å². The molecule has 1 N–H and O–H groups in total. The quantitative estimate of drug-likeness (QED) is 0.275. The number of carbonyl (C=O) groups excluding carboxylic acids is 2. The Bertz CT molecular complexity index is 1250. The van der Waals surface area contributed by atoms with Gasteiger partial charge in [0.15, 0.2) is 10.9 Å². The second kappa shape index (κ2) is 10.0. The van der Waals surface area contributed by atoms with Crippen LogP contribution in [0, 0.1) is 0 Å². The van der Waals surface area contributed by atoms with Crippen molar-refractivity contribution in [1.82, 2.24) is 14.9 Å². The van der Waals surface area contributed by atoms with Crippen molar-refractivity contribution >= 4 is 45.8 Å². The molecule has 0 saturated heterocycles. The number of Topliss-reactive ketones (excluding diaryl/α,β-unsaturated/α-hetero) is 1. The second-order valence-corrected chi connectivity index (χ2v) is 9.14. The van der Waals surface area contributed by atoms with E-state index in [0.717, 1.165) is 32.5 Å². The van der Waals surface area contributed by atoms with E-state index >= 15 is 0 Å². The number of fused-ring (bicyclic) bond motifs is 1. The zero-order valence-corrected chi connectivity index (χ0v) is 19.5. The third kappa shape index (κ3) is 5.03. The summed E-state index contributed by atoms with van der Waals surface area (Å²) in [6.07, 6.45) is 0. The Hall–Kier alpha value is -3.10. The van der Waals surface area contributed by atoms with Crippen LogP contribution in [-0.4, -0.2) is 33.6 Å². The molecular weight excluding hydrogens is 442 g/mol. The largest absolute Gasteiger partial charge is 0.494 e. The van der Waals surface area contributed by atoms with E-state index < -0.39 is 0 Å². The second-order valence-electron chi connectivity index (χ2n) is 7.03. The molecule has 0 unspecified atom stereocenters. The fourth-order valence-electron chi connectivity index (χ4n) is 3.24. The van der Waals surface area contributed by atoms with Gasteiger partial charge >= 0.3 is 0 Å². The van der Waals surface area contributed by atoms with Gasteiger partial charge in [0.05, 0.1) is 34.8 Å². The summed E-state index contributed by atoms with van der Waals surface area (Å²) in [6, 6.07) is 19.5. The van der Waals surface area contributed by atoms with E-state index in [9.17, 15) is 9.59 Å². The first-order valence-electron chi connectivity index (χ1n) is 10.2. The van der Waals surface area contributed by atoms with Gasteiger partial charge in [0, 0.05) is 17.5 Å². The fourth-order valence-corrected chi connectivity index (χ4v) is 5.13. The molecule has 2 aromatic heterocycles. The van der Waals surface area contributed by atoms with E-state index in [1.54, 1.807) is 0 Å². The van der Waals surface area contributed by atoms with Crippen LogP contribution in [0.4, 0.5) is 0 Å². The number of thiophene rings is 1. The number of rotatable bonds is 9. The van der Waals surface area contributed by atoms with Crippen molar-refractivity contribution in [3.63, 3.8) is 0 Å². The predicted molar refractivity (Wildman–Crippen MR) is 129 cm³/mol. The molecule has 0 aliphatic rings. The van der Waals surface area contributed by atoms with E-state index in [1.165, 1.54) is 30.0 Å². The molecule has 0 saturated carbocycles. The van der Waals surface area contributed by atoms with Crippen LogP contribution in [0.15, 0.2) is 65.8 Å². The minimum absolute atomic E-state index is 0.0411. The number of ketones is 1. The number of imidazole rings is 1. The SMILES string of the molecule is CCOc1ccc(-n2c(SCC(=O)c3ccc(CNC(C)=O)s3)nc3ccccc32)cc1. The minimum atomic E-state index is -0.0879. The molecule has 0 aliphatic carbocycles. The van der Waals surface area contributed by atoms with Gasteiger partial charge in [0.2, 0.25) is 5.91 Å². The molecule has 0 fully saturated rings. The van der Waals surface area contributed by atoms with Gasteiger partial charge in [-0.3, -0.25) is 14.2 Å². The van der Waals surface area contributed by atoms with Gasteiger partial charge in [-0.1, -0.05) is 23.9 Å². The Kier molecular flexibility index (Phi) is 6.92. The first-order valence-corrected chi connectivity index (χ1v) is 12.0. The number of carbonyl (C=O) groups is 2. The van der Waals surface area contributed by atoms with Gasteiger partial charge in [-0.15, -0.1) is 11.3 Å². The maximum Gasteiger partial charge on any atom is 0.217 e. The Morgan fingerprint density at radius 1 is 1.09 bits per heavy atom. The Labute approximate surface area is 194 Å². The minimum Gasteiger partial charge on any atom is -0.494 e. The van der Waals surface area contributed by atoms with E-state index in [1.807, 2.05) is 67.6 Å².